The summed E-state index contributed by atoms with van der Waals surface area (Å²) >= 11 is 0. The molecule has 1 fully saturated rings. The average Bonchev–Trinajstić information content (AvgIpc) is 1.59. The van der Waals surface area contributed by atoms with Crippen molar-refractivity contribution in [2.24, 2.45) is 5.73 Å². The number of halogens is 3. The monoisotopic (exact) mass is 204 g/mol. The number of piperidine rings is 1. The fourth-order valence-corrected chi connectivity index (χ4v) is 1.29. The highest BCUT2D eigenvalue weighted by molar-refractivity contribution is 5.85. The summed E-state index contributed by atoms with van der Waals surface area (Å²) in [6, 6.07) is 0.0405. The summed E-state index contributed by atoms with van der Waals surface area (Å²) in [6.07, 6.45) is -0.177. The number of nitrogens with two attached hydrogens (primary N) is 1. The molecule has 0 aliphatic carbocycles. The fourth-order valence-electron chi connectivity index (χ4n) is 1.29. The Bertz CT molecular complexity index is 79.6. The SMILES string of the molecule is CN1CC(N)CC(F)C1.Cl.Cl. The molecule has 11 heavy (non-hydrogen) atoms. The molecular weight excluding hydrogens is 190 g/mol. The van der Waals surface area contributed by atoms with Gasteiger partial charge in [-0.15, -0.1) is 24.8 Å². The van der Waals surface area contributed by atoms with Crippen molar-refractivity contribution >= 4 is 24.8 Å². The maximum Gasteiger partial charge on any atom is 0.114 e. The molecule has 0 spiro atoms. The van der Waals surface area contributed by atoms with Gasteiger partial charge >= 0.3 is 0 Å². The van der Waals surface area contributed by atoms with E-state index >= 15 is 0 Å². The Balaban J connectivity index is 0. The maximum atomic E-state index is 12.6. The normalized spacial score (nSPS) is 31.9. The van der Waals surface area contributed by atoms with Crippen LogP contribution >= 0.6 is 24.8 Å². The van der Waals surface area contributed by atoms with Gasteiger partial charge in [0.25, 0.3) is 0 Å². The Morgan fingerprint density at radius 3 is 2.27 bits per heavy atom. The molecule has 2 nitrogen and oxygen atoms in total. The second-order valence-electron chi connectivity index (χ2n) is 2.81. The lowest BCUT2D eigenvalue weighted by molar-refractivity contribution is 0.147. The zero-order valence-electron chi connectivity index (χ0n) is 6.50. The lowest BCUT2D eigenvalue weighted by atomic mass is 10.1. The lowest BCUT2D eigenvalue weighted by Crippen LogP contribution is -2.45. The molecule has 1 saturated heterocycles. The first-order chi connectivity index (χ1) is 4.18. The van der Waals surface area contributed by atoms with Crippen LogP contribution in [0.25, 0.3) is 0 Å². The van der Waals surface area contributed by atoms with E-state index in [1.165, 1.54) is 0 Å². The van der Waals surface area contributed by atoms with Crippen LogP contribution < -0.4 is 5.73 Å². The van der Waals surface area contributed by atoms with E-state index in [2.05, 4.69) is 0 Å². The first kappa shape index (κ1) is 14.0. The second kappa shape index (κ2) is 6.00. The Hall–Kier alpha value is 0.430. The molecular formula is C6H15Cl2FN2. The lowest BCUT2D eigenvalue weighted by Gasteiger charge is -2.29. The quantitative estimate of drug-likeness (QED) is 0.634. The van der Waals surface area contributed by atoms with Crippen LogP contribution in [0.15, 0.2) is 0 Å². The molecule has 1 heterocycles. The number of alkyl halides is 1. The summed E-state index contributed by atoms with van der Waals surface area (Å²) in [5.41, 5.74) is 5.53. The van der Waals surface area contributed by atoms with Gasteiger partial charge in [0, 0.05) is 19.1 Å². The second-order valence-corrected chi connectivity index (χ2v) is 2.81. The van der Waals surface area contributed by atoms with Crippen molar-refractivity contribution in [3.63, 3.8) is 0 Å². The topological polar surface area (TPSA) is 29.3 Å². The van der Waals surface area contributed by atoms with Gasteiger partial charge in [-0.3, -0.25) is 0 Å². The van der Waals surface area contributed by atoms with Gasteiger partial charge in [0.05, 0.1) is 0 Å². The van der Waals surface area contributed by atoms with Crippen molar-refractivity contribution in [2.45, 2.75) is 18.6 Å². The molecule has 1 aliphatic rings. The number of rotatable bonds is 0. The molecule has 2 unspecified atom stereocenters. The third-order valence-electron chi connectivity index (χ3n) is 1.61. The molecule has 1 rings (SSSR count). The standard InChI is InChI=1S/C6H13FN2.2ClH/c1-9-3-5(7)2-6(8)4-9;;/h5-6H,2-4,8H2,1H3;2*1H. The molecule has 5 heteroatoms. The van der Waals surface area contributed by atoms with Crippen molar-refractivity contribution < 1.29 is 4.39 Å². The van der Waals surface area contributed by atoms with Gasteiger partial charge < -0.3 is 10.6 Å². The minimum absolute atomic E-state index is 0. The van der Waals surface area contributed by atoms with Crippen LogP contribution in [0, 0.1) is 0 Å². The van der Waals surface area contributed by atoms with Crippen molar-refractivity contribution in [3.05, 3.63) is 0 Å². The van der Waals surface area contributed by atoms with Gasteiger partial charge in [-0.2, -0.15) is 0 Å². The van der Waals surface area contributed by atoms with Crippen LogP contribution in [0.5, 0.6) is 0 Å². The number of hydrogen-bond acceptors (Lipinski definition) is 2. The largest absolute Gasteiger partial charge is 0.326 e. The first-order valence-electron chi connectivity index (χ1n) is 3.26. The Morgan fingerprint density at radius 1 is 1.36 bits per heavy atom. The smallest absolute Gasteiger partial charge is 0.114 e. The molecule has 0 radical (unpaired) electrons. The third kappa shape index (κ3) is 4.80. The van der Waals surface area contributed by atoms with Gasteiger partial charge in [0.2, 0.25) is 0 Å². The van der Waals surface area contributed by atoms with Crippen LogP contribution in [0.1, 0.15) is 6.42 Å². The Morgan fingerprint density at radius 2 is 1.91 bits per heavy atom. The molecule has 0 aromatic heterocycles. The Kier molecular flexibility index (Phi) is 7.63. The molecule has 70 valence electrons. The van der Waals surface area contributed by atoms with E-state index in [9.17, 15) is 4.39 Å². The zero-order chi connectivity index (χ0) is 6.85. The van der Waals surface area contributed by atoms with Crippen molar-refractivity contribution in [2.75, 3.05) is 20.1 Å². The predicted molar refractivity (Wildman–Crippen MR) is 49.5 cm³/mol. The molecule has 0 bridgehead atoms. The minimum atomic E-state index is -0.709. The summed E-state index contributed by atoms with van der Waals surface area (Å²) in [4.78, 5) is 1.93. The summed E-state index contributed by atoms with van der Waals surface area (Å²) < 4.78 is 12.6. The van der Waals surface area contributed by atoms with Gasteiger partial charge in [-0.05, 0) is 13.5 Å². The molecule has 0 saturated carbocycles. The first-order valence-corrected chi connectivity index (χ1v) is 3.26. The van der Waals surface area contributed by atoms with Gasteiger partial charge in [-0.1, -0.05) is 0 Å². The third-order valence-corrected chi connectivity index (χ3v) is 1.61. The van der Waals surface area contributed by atoms with E-state index < -0.39 is 6.17 Å². The molecule has 0 aromatic rings. The van der Waals surface area contributed by atoms with E-state index in [1.54, 1.807) is 0 Å². The van der Waals surface area contributed by atoms with Crippen LogP contribution in [0.4, 0.5) is 4.39 Å². The van der Waals surface area contributed by atoms with Gasteiger partial charge in [0.15, 0.2) is 0 Å². The van der Waals surface area contributed by atoms with Gasteiger partial charge in [-0.25, -0.2) is 4.39 Å². The molecule has 2 N–H and O–H groups in total. The number of likely N-dealkylation sites (N-methyl/N-ethyl adjacent to an activating group) is 1. The molecule has 0 aromatic carbocycles. The van der Waals surface area contributed by atoms with Crippen LogP contribution in [0.3, 0.4) is 0 Å². The summed E-state index contributed by atoms with van der Waals surface area (Å²) in [6.45, 7) is 1.38. The molecule has 1 aliphatic heterocycles. The zero-order valence-corrected chi connectivity index (χ0v) is 8.13. The predicted octanol–water partition coefficient (Wildman–Crippen LogP) is 0.831. The van der Waals surface area contributed by atoms with E-state index in [1.807, 2.05) is 11.9 Å². The minimum Gasteiger partial charge on any atom is -0.326 e. The summed E-state index contributed by atoms with van der Waals surface area (Å²) in [7, 11) is 1.89. The van der Waals surface area contributed by atoms with E-state index in [0.29, 0.717) is 13.0 Å². The van der Waals surface area contributed by atoms with E-state index in [0.717, 1.165) is 6.54 Å². The van der Waals surface area contributed by atoms with Crippen molar-refractivity contribution in [1.82, 2.24) is 4.90 Å². The maximum absolute atomic E-state index is 12.6. The number of likely N-dealkylation sites (tertiary alicyclic amines) is 1. The molecule has 2 atom stereocenters. The molecule has 0 amide bonds. The van der Waals surface area contributed by atoms with Crippen molar-refractivity contribution in [3.8, 4) is 0 Å². The van der Waals surface area contributed by atoms with E-state index in [-0.39, 0.29) is 30.9 Å². The summed E-state index contributed by atoms with van der Waals surface area (Å²) in [5.74, 6) is 0. The number of hydrogen-bond donors (Lipinski definition) is 1. The van der Waals surface area contributed by atoms with Crippen LogP contribution in [0.2, 0.25) is 0 Å². The highest BCUT2D eigenvalue weighted by atomic mass is 35.5. The van der Waals surface area contributed by atoms with Crippen molar-refractivity contribution in [1.29, 1.82) is 0 Å². The van der Waals surface area contributed by atoms with Crippen LogP contribution in [-0.4, -0.2) is 37.3 Å². The highest BCUT2D eigenvalue weighted by Crippen LogP contribution is 2.09. The fraction of sp³-hybridized carbons (Fsp3) is 1.00. The van der Waals surface area contributed by atoms with Gasteiger partial charge in [0.1, 0.15) is 6.17 Å². The highest BCUT2D eigenvalue weighted by Gasteiger charge is 2.21. The average molecular weight is 205 g/mol. The Labute approximate surface area is 79.1 Å². The number of nitrogens with zero attached hydrogens (tertiary/aromatic N) is 1. The van der Waals surface area contributed by atoms with E-state index in [4.69, 9.17) is 5.73 Å². The van der Waals surface area contributed by atoms with Crippen LogP contribution in [-0.2, 0) is 0 Å². The summed E-state index contributed by atoms with van der Waals surface area (Å²) in [5, 5.41) is 0.